The average molecular weight is 391 g/mol. The summed E-state index contributed by atoms with van der Waals surface area (Å²) in [6.07, 6.45) is 0. The van der Waals surface area contributed by atoms with Crippen molar-refractivity contribution in [1.82, 2.24) is 18.3 Å². The molecular weight excluding hydrogens is 380 g/mol. The van der Waals surface area contributed by atoms with Crippen molar-refractivity contribution in [3.63, 3.8) is 0 Å². The molecule has 0 bridgehead atoms. The number of nitrogens with zero attached hydrogens (tertiary/aromatic N) is 4. The number of anilines is 1. The molecule has 0 unspecified atom stereocenters. The SMILES string of the molecule is O=C(CSc1nc2ccccc2n1C(F)F)Nc1cccc2nsnc12. The highest BCUT2D eigenvalue weighted by atomic mass is 32.2. The molecule has 6 nitrogen and oxygen atoms in total. The number of carbonyl (C=O) groups excluding carboxylic acids is 1. The summed E-state index contributed by atoms with van der Waals surface area (Å²) in [6, 6.07) is 11.9. The maximum Gasteiger partial charge on any atom is 0.321 e. The minimum atomic E-state index is -2.73. The van der Waals surface area contributed by atoms with Crippen molar-refractivity contribution in [2.75, 3.05) is 11.1 Å². The Morgan fingerprint density at radius 1 is 1.15 bits per heavy atom. The van der Waals surface area contributed by atoms with E-state index in [4.69, 9.17) is 0 Å². The Morgan fingerprint density at radius 3 is 2.81 bits per heavy atom. The molecule has 10 heteroatoms. The Kier molecular flexibility index (Phi) is 4.51. The average Bonchev–Trinajstić information content (AvgIpc) is 3.24. The number of carbonyl (C=O) groups is 1. The van der Waals surface area contributed by atoms with E-state index in [-0.39, 0.29) is 16.8 Å². The van der Waals surface area contributed by atoms with Crippen molar-refractivity contribution in [2.24, 2.45) is 0 Å². The molecule has 0 aliphatic heterocycles. The number of halogens is 2. The summed E-state index contributed by atoms with van der Waals surface area (Å²) in [5.74, 6) is -0.382. The van der Waals surface area contributed by atoms with Gasteiger partial charge in [0, 0.05) is 0 Å². The van der Waals surface area contributed by atoms with Crippen molar-refractivity contribution < 1.29 is 13.6 Å². The fourth-order valence-electron chi connectivity index (χ4n) is 2.54. The van der Waals surface area contributed by atoms with Crippen LogP contribution in [0.1, 0.15) is 6.55 Å². The normalized spacial score (nSPS) is 11.5. The van der Waals surface area contributed by atoms with E-state index in [1.165, 1.54) is 0 Å². The minimum absolute atomic E-state index is 0.0516. The number of fused-ring (bicyclic) bond motifs is 2. The molecule has 26 heavy (non-hydrogen) atoms. The number of hydrogen-bond acceptors (Lipinski definition) is 6. The van der Waals surface area contributed by atoms with Crippen LogP contribution in [0, 0.1) is 0 Å². The number of alkyl halides is 2. The summed E-state index contributed by atoms with van der Waals surface area (Å²) < 4.78 is 35.9. The predicted molar refractivity (Wildman–Crippen MR) is 97.8 cm³/mol. The van der Waals surface area contributed by atoms with Gasteiger partial charge in [0.1, 0.15) is 11.0 Å². The molecule has 0 atom stereocenters. The van der Waals surface area contributed by atoms with Crippen molar-refractivity contribution in [2.45, 2.75) is 11.7 Å². The predicted octanol–water partition coefficient (Wildman–Crippen LogP) is 4.17. The summed E-state index contributed by atoms with van der Waals surface area (Å²) in [5.41, 5.74) is 2.65. The largest absolute Gasteiger partial charge is 0.323 e. The molecular formula is C16H11F2N5OS2. The lowest BCUT2D eigenvalue weighted by Crippen LogP contribution is -2.15. The van der Waals surface area contributed by atoms with E-state index in [9.17, 15) is 13.6 Å². The second-order valence-electron chi connectivity index (χ2n) is 5.31. The van der Waals surface area contributed by atoms with Crippen LogP contribution in [-0.2, 0) is 4.79 Å². The van der Waals surface area contributed by atoms with Crippen molar-refractivity contribution in [3.8, 4) is 0 Å². The van der Waals surface area contributed by atoms with E-state index in [0.717, 1.165) is 28.1 Å². The highest BCUT2D eigenvalue weighted by molar-refractivity contribution is 7.99. The lowest BCUT2D eigenvalue weighted by atomic mass is 10.2. The molecule has 0 aliphatic rings. The van der Waals surface area contributed by atoms with Gasteiger partial charge in [-0.2, -0.15) is 17.5 Å². The molecule has 0 saturated heterocycles. The van der Waals surface area contributed by atoms with Crippen molar-refractivity contribution in [1.29, 1.82) is 0 Å². The third kappa shape index (κ3) is 3.13. The van der Waals surface area contributed by atoms with Crippen molar-refractivity contribution >= 4 is 57.2 Å². The molecule has 2 heterocycles. The van der Waals surface area contributed by atoms with Crippen LogP contribution in [0.5, 0.6) is 0 Å². The second kappa shape index (κ2) is 6.96. The lowest BCUT2D eigenvalue weighted by Gasteiger charge is -2.08. The van der Waals surface area contributed by atoms with Gasteiger partial charge < -0.3 is 5.32 Å². The molecule has 2 aromatic carbocycles. The molecule has 0 fully saturated rings. The molecule has 0 aliphatic carbocycles. The van der Waals surface area contributed by atoms with Gasteiger partial charge in [-0.15, -0.1) is 0 Å². The maximum atomic E-state index is 13.4. The van der Waals surface area contributed by atoms with E-state index in [2.05, 4.69) is 19.0 Å². The van der Waals surface area contributed by atoms with Crippen LogP contribution in [0.4, 0.5) is 14.5 Å². The van der Waals surface area contributed by atoms with Crippen LogP contribution < -0.4 is 5.32 Å². The summed E-state index contributed by atoms with van der Waals surface area (Å²) in [5, 5.41) is 2.85. The monoisotopic (exact) mass is 391 g/mol. The van der Waals surface area contributed by atoms with Crippen LogP contribution >= 0.6 is 23.5 Å². The van der Waals surface area contributed by atoms with E-state index < -0.39 is 6.55 Å². The number of thioether (sulfide) groups is 1. The van der Waals surface area contributed by atoms with Gasteiger partial charge >= 0.3 is 6.55 Å². The summed E-state index contributed by atoms with van der Waals surface area (Å²) in [7, 11) is 0. The van der Waals surface area contributed by atoms with Crippen LogP contribution in [0.3, 0.4) is 0 Å². The Labute approximate surface area is 154 Å². The summed E-state index contributed by atoms with van der Waals surface area (Å²) in [6.45, 7) is -2.73. The van der Waals surface area contributed by atoms with E-state index in [1.54, 1.807) is 42.5 Å². The Hall–Kier alpha value is -2.59. The molecule has 4 aromatic rings. The Morgan fingerprint density at radius 2 is 1.96 bits per heavy atom. The van der Waals surface area contributed by atoms with Gasteiger partial charge in [-0.05, 0) is 24.3 Å². The van der Waals surface area contributed by atoms with Gasteiger partial charge in [0.25, 0.3) is 0 Å². The topological polar surface area (TPSA) is 72.7 Å². The number of hydrogen-bond donors (Lipinski definition) is 1. The molecule has 2 aromatic heterocycles. The number of amides is 1. The zero-order valence-electron chi connectivity index (χ0n) is 13.1. The maximum absolute atomic E-state index is 13.4. The number of para-hydroxylation sites is 2. The zero-order chi connectivity index (χ0) is 18.1. The zero-order valence-corrected chi connectivity index (χ0v) is 14.7. The second-order valence-corrected chi connectivity index (χ2v) is 6.78. The number of benzene rings is 2. The van der Waals surface area contributed by atoms with Crippen molar-refractivity contribution in [3.05, 3.63) is 42.5 Å². The molecule has 4 rings (SSSR count). The quantitative estimate of drug-likeness (QED) is 0.517. The number of rotatable bonds is 5. The minimum Gasteiger partial charge on any atom is -0.323 e. The first-order valence-corrected chi connectivity index (χ1v) is 9.24. The molecule has 0 radical (unpaired) electrons. The van der Waals surface area contributed by atoms with Gasteiger partial charge in [-0.3, -0.25) is 9.36 Å². The standard InChI is InChI=1S/C16H11F2N5OS2/c17-15(18)23-12-7-2-1-4-9(12)20-16(23)25-8-13(24)19-10-5-3-6-11-14(10)22-26-21-11/h1-7,15H,8H2,(H,19,24). The highest BCUT2D eigenvalue weighted by Gasteiger charge is 2.19. The number of aromatic nitrogens is 4. The van der Waals surface area contributed by atoms with Gasteiger partial charge in [-0.25, -0.2) is 4.98 Å². The third-order valence-electron chi connectivity index (χ3n) is 3.65. The van der Waals surface area contributed by atoms with Gasteiger partial charge in [0.2, 0.25) is 5.91 Å². The van der Waals surface area contributed by atoms with Gasteiger partial charge in [0.05, 0.1) is 34.2 Å². The van der Waals surface area contributed by atoms with Crippen LogP contribution in [-0.4, -0.2) is 30.0 Å². The van der Waals surface area contributed by atoms with E-state index in [0.29, 0.717) is 27.8 Å². The van der Waals surface area contributed by atoms with Crippen LogP contribution in [0.2, 0.25) is 0 Å². The molecule has 1 N–H and O–H groups in total. The Balaban J connectivity index is 1.52. The molecule has 0 saturated carbocycles. The fraction of sp³-hybridized carbons (Fsp3) is 0.125. The summed E-state index contributed by atoms with van der Waals surface area (Å²) in [4.78, 5) is 16.4. The third-order valence-corrected chi connectivity index (χ3v) is 5.15. The molecule has 1 amide bonds. The van der Waals surface area contributed by atoms with Crippen LogP contribution in [0.25, 0.3) is 22.1 Å². The highest BCUT2D eigenvalue weighted by Crippen LogP contribution is 2.29. The molecule has 132 valence electrons. The van der Waals surface area contributed by atoms with Gasteiger partial charge in [0.15, 0.2) is 5.16 Å². The van der Waals surface area contributed by atoms with Gasteiger partial charge in [-0.1, -0.05) is 30.0 Å². The van der Waals surface area contributed by atoms with E-state index >= 15 is 0 Å². The van der Waals surface area contributed by atoms with E-state index in [1.807, 2.05) is 0 Å². The fourth-order valence-corrected chi connectivity index (χ4v) is 3.90. The number of nitrogens with one attached hydrogen (secondary N) is 1. The van der Waals surface area contributed by atoms with Crippen LogP contribution in [0.15, 0.2) is 47.6 Å². The first-order valence-electron chi connectivity index (χ1n) is 7.52. The first-order chi connectivity index (χ1) is 12.6. The summed E-state index contributed by atoms with van der Waals surface area (Å²) >= 11 is 2.02. The lowest BCUT2D eigenvalue weighted by molar-refractivity contribution is -0.113. The number of imidazole rings is 1. The smallest absolute Gasteiger partial charge is 0.321 e. The first kappa shape index (κ1) is 16.9. The Bertz CT molecular complexity index is 1090. The molecule has 0 spiro atoms.